The smallest absolute Gasteiger partial charge is 0.260 e. The van der Waals surface area contributed by atoms with Crippen LogP contribution in [0.3, 0.4) is 0 Å². The highest BCUT2D eigenvalue weighted by Crippen LogP contribution is 2.27. The second-order valence-corrected chi connectivity index (χ2v) is 6.60. The van der Waals surface area contributed by atoms with Crippen LogP contribution in [0, 0.1) is 9.39 Å². The van der Waals surface area contributed by atoms with Crippen molar-refractivity contribution in [2.75, 3.05) is 11.9 Å². The van der Waals surface area contributed by atoms with Gasteiger partial charge in [0.2, 0.25) is 0 Å². The van der Waals surface area contributed by atoms with Crippen LogP contribution in [0.15, 0.2) is 18.2 Å². The Hall–Kier alpha value is -1.06. The average Bonchev–Trinajstić information content (AvgIpc) is 2.83. The van der Waals surface area contributed by atoms with Gasteiger partial charge in [0.15, 0.2) is 5.13 Å². The molecular formula is C13H10FIN2O2S. The Bertz CT molecular complexity index is 651. The van der Waals surface area contributed by atoms with Gasteiger partial charge in [0, 0.05) is 9.99 Å². The van der Waals surface area contributed by atoms with Gasteiger partial charge in [-0.2, -0.15) is 0 Å². The van der Waals surface area contributed by atoms with E-state index in [1.807, 2.05) is 22.6 Å². The van der Waals surface area contributed by atoms with Crippen molar-refractivity contribution in [2.45, 2.75) is 13.0 Å². The number of nitrogens with zero attached hydrogens (tertiary/aromatic N) is 1. The second-order valence-electron chi connectivity index (χ2n) is 4.27. The number of thiazole rings is 1. The normalized spacial score (nSPS) is 13.9. The van der Waals surface area contributed by atoms with Gasteiger partial charge in [0.1, 0.15) is 5.82 Å². The van der Waals surface area contributed by atoms with Gasteiger partial charge in [0.25, 0.3) is 5.91 Å². The van der Waals surface area contributed by atoms with E-state index in [4.69, 9.17) is 4.74 Å². The van der Waals surface area contributed by atoms with Gasteiger partial charge in [-0.05, 0) is 40.8 Å². The van der Waals surface area contributed by atoms with Gasteiger partial charge in [-0.3, -0.25) is 10.1 Å². The summed E-state index contributed by atoms with van der Waals surface area (Å²) < 4.78 is 19.8. The number of rotatable bonds is 2. The summed E-state index contributed by atoms with van der Waals surface area (Å²) in [5.41, 5.74) is 0.987. The Labute approximate surface area is 132 Å². The molecule has 1 aromatic carbocycles. The molecule has 0 radical (unpaired) electrons. The molecule has 1 aliphatic heterocycles. The zero-order chi connectivity index (χ0) is 14.1. The van der Waals surface area contributed by atoms with E-state index in [0.29, 0.717) is 18.3 Å². The van der Waals surface area contributed by atoms with Crippen LogP contribution < -0.4 is 5.32 Å². The van der Waals surface area contributed by atoms with E-state index in [0.717, 1.165) is 20.6 Å². The summed E-state index contributed by atoms with van der Waals surface area (Å²) in [6, 6.07) is 4.42. The molecule has 4 nitrogen and oxygen atoms in total. The fraction of sp³-hybridized carbons (Fsp3) is 0.231. The summed E-state index contributed by atoms with van der Waals surface area (Å²) in [6.07, 6.45) is 0.749. The van der Waals surface area contributed by atoms with Crippen molar-refractivity contribution in [3.8, 4) is 0 Å². The molecule has 2 aromatic rings. The average molecular weight is 404 g/mol. The molecule has 7 heteroatoms. The number of carbonyl (C=O) groups is 1. The lowest BCUT2D eigenvalue weighted by atomic mass is 10.2. The largest absolute Gasteiger partial charge is 0.375 e. The van der Waals surface area contributed by atoms with Crippen molar-refractivity contribution in [2.24, 2.45) is 0 Å². The lowest BCUT2D eigenvalue weighted by molar-refractivity contribution is 0.102. The lowest BCUT2D eigenvalue weighted by Crippen LogP contribution is -2.14. The van der Waals surface area contributed by atoms with Crippen molar-refractivity contribution in [3.63, 3.8) is 0 Å². The first kappa shape index (κ1) is 13.9. The predicted octanol–water partition coefficient (Wildman–Crippen LogP) is 3.21. The minimum Gasteiger partial charge on any atom is -0.375 e. The number of aromatic nitrogens is 1. The van der Waals surface area contributed by atoms with Gasteiger partial charge in [-0.25, -0.2) is 9.37 Å². The van der Waals surface area contributed by atoms with Gasteiger partial charge in [0.05, 0.1) is 29.3 Å². The molecule has 1 N–H and O–H groups in total. The number of carbonyl (C=O) groups excluding carboxylic acids is 1. The molecule has 2 heterocycles. The third-order valence-electron chi connectivity index (χ3n) is 2.89. The molecule has 1 aliphatic rings. The third-order valence-corrected chi connectivity index (χ3v) is 4.55. The number of amides is 1. The Kier molecular flexibility index (Phi) is 3.99. The number of hydrogen-bond acceptors (Lipinski definition) is 4. The Morgan fingerprint density at radius 3 is 3.15 bits per heavy atom. The SMILES string of the molecule is O=C(Nc1nc2c(s1)COCC2)c1cc(I)ccc1F. The van der Waals surface area contributed by atoms with Crippen LogP contribution in [-0.2, 0) is 17.8 Å². The summed E-state index contributed by atoms with van der Waals surface area (Å²) in [7, 11) is 0. The summed E-state index contributed by atoms with van der Waals surface area (Å²) in [6.45, 7) is 1.18. The molecule has 0 fully saturated rings. The molecule has 0 bridgehead atoms. The van der Waals surface area contributed by atoms with E-state index in [-0.39, 0.29) is 5.56 Å². The first-order chi connectivity index (χ1) is 9.63. The molecule has 0 atom stereocenters. The van der Waals surface area contributed by atoms with Crippen LogP contribution in [0.2, 0.25) is 0 Å². The summed E-state index contributed by atoms with van der Waals surface area (Å²) in [5.74, 6) is -1.01. The maximum atomic E-state index is 13.6. The van der Waals surface area contributed by atoms with Crippen molar-refractivity contribution in [3.05, 3.63) is 43.7 Å². The third kappa shape index (κ3) is 2.84. The number of benzene rings is 1. The first-order valence-corrected chi connectivity index (χ1v) is 7.86. The molecule has 3 rings (SSSR count). The van der Waals surface area contributed by atoms with Crippen LogP contribution in [0.1, 0.15) is 20.9 Å². The standard InChI is InChI=1S/C13H10FIN2O2S/c14-9-2-1-7(15)5-8(9)12(18)17-13-16-10-3-4-19-6-11(10)20-13/h1-2,5H,3-4,6H2,(H,16,17,18). The fourth-order valence-corrected chi connectivity index (χ4v) is 3.35. The molecular weight excluding hydrogens is 394 g/mol. The number of ether oxygens (including phenoxy) is 1. The Morgan fingerprint density at radius 2 is 2.35 bits per heavy atom. The molecule has 0 saturated heterocycles. The number of halogens is 2. The molecule has 1 amide bonds. The second kappa shape index (κ2) is 5.74. The van der Waals surface area contributed by atoms with Crippen LogP contribution >= 0.6 is 33.9 Å². The van der Waals surface area contributed by atoms with Gasteiger partial charge in [-0.15, -0.1) is 0 Å². The summed E-state index contributed by atoms with van der Waals surface area (Å²) in [4.78, 5) is 17.5. The minimum atomic E-state index is -0.535. The maximum absolute atomic E-state index is 13.6. The quantitative estimate of drug-likeness (QED) is 0.783. The van der Waals surface area contributed by atoms with E-state index >= 15 is 0 Å². The van der Waals surface area contributed by atoms with Gasteiger partial charge in [-0.1, -0.05) is 11.3 Å². The van der Waals surface area contributed by atoms with Gasteiger partial charge < -0.3 is 4.74 Å². The minimum absolute atomic E-state index is 0.0290. The van der Waals surface area contributed by atoms with Crippen LogP contribution in [0.5, 0.6) is 0 Å². The van der Waals surface area contributed by atoms with E-state index in [1.165, 1.54) is 23.5 Å². The highest BCUT2D eigenvalue weighted by Gasteiger charge is 2.18. The highest BCUT2D eigenvalue weighted by atomic mass is 127. The fourth-order valence-electron chi connectivity index (χ4n) is 1.91. The van der Waals surface area contributed by atoms with E-state index in [2.05, 4.69) is 10.3 Å². The lowest BCUT2D eigenvalue weighted by Gasteiger charge is -2.08. The van der Waals surface area contributed by atoms with E-state index in [1.54, 1.807) is 6.07 Å². The van der Waals surface area contributed by atoms with Crippen LogP contribution in [0.25, 0.3) is 0 Å². The van der Waals surface area contributed by atoms with Crippen molar-refractivity contribution in [1.82, 2.24) is 4.98 Å². The van der Waals surface area contributed by atoms with Crippen LogP contribution in [-0.4, -0.2) is 17.5 Å². The molecule has 104 valence electrons. The molecule has 20 heavy (non-hydrogen) atoms. The number of hydrogen-bond donors (Lipinski definition) is 1. The molecule has 0 unspecified atom stereocenters. The van der Waals surface area contributed by atoms with Gasteiger partial charge >= 0.3 is 0 Å². The van der Waals surface area contributed by atoms with E-state index in [9.17, 15) is 9.18 Å². The summed E-state index contributed by atoms with van der Waals surface area (Å²) in [5, 5.41) is 3.14. The topological polar surface area (TPSA) is 51.2 Å². The van der Waals surface area contributed by atoms with Crippen molar-refractivity contribution in [1.29, 1.82) is 0 Å². The predicted molar refractivity (Wildman–Crippen MR) is 82.5 cm³/mol. The summed E-state index contributed by atoms with van der Waals surface area (Å²) >= 11 is 3.42. The molecule has 1 aromatic heterocycles. The maximum Gasteiger partial charge on any atom is 0.260 e. The monoisotopic (exact) mass is 404 g/mol. The van der Waals surface area contributed by atoms with Crippen molar-refractivity contribution >= 4 is 45.0 Å². The number of anilines is 1. The molecule has 0 saturated carbocycles. The Morgan fingerprint density at radius 1 is 1.50 bits per heavy atom. The van der Waals surface area contributed by atoms with Crippen LogP contribution in [0.4, 0.5) is 9.52 Å². The highest BCUT2D eigenvalue weighted by molar-refractivity contribution is 14.1. The zero-order valence-corrected chi connectivity index (χ0v) is 13.3. The molecule has 0 aliphatic carbocycles. The zero-order valence-electron chi connectivity index (χ0n) is 10.3. The van der Waals surface area contributed by atoms with E-state index < -0.39 is 11.7 Å². The Balaban J connectivity index is 1.82. The number of fused-ring (bicyclic) bond motifs is 1. The number of nitrogens with one attached hydrogen (secondary N) is 1. The first-order valence-electron chi connectivity index (χ1n) is 5.96. The van der Waals surface area contributed by atoms with Crippen molar-refractivity contribution < 1.29 is 13.9 Å². The molecule has 0 spiro atoms.